The zero-order valence-electron chi connectivity index (χ0n) is 11.8. The highest BCUT2D eigenvalue weighted by molar-refractivity contribution is 9.10. The van der Waals surface area contributed by atoms with Crippen LogP contribution in [0.25, 0.3) is 0 Å². The Labute approximate surface area is 137 Å². The Bertz CT molecular complexity index is 673. The van der Waals surface area contributed by atoms with E-state index < -0.39 is 0 Å². The summed E-state index contributed by atoms with van der Waals surface area (Å²) in [6.07, 6.45) is 0. The third-order valence-corrected chi connectivity index (χ3v) is 4.18. The van der Waals surface area contributed by atoms with Gasteiger partial charge in [-0.3, -0.25) is 4.79 Å². The highest BCUT2D eigenvalue weighted by Crippen LogP contribution is 2.21. The molecule has 2 aromatic rings. The third kappa shape index (κ3) is 4.48. The number of rotatable bonds is 4. The van der Waals surface area contributed by atoms with Crippen molar-refractivity contribution in [3.05, 3.63) is 57.0 Å². The van der Waals surface area contributed by atoms with E-state index in [0.717, 1.165) is 27.0 Å². The molecular formula is C16H16BrClN2O. The van der Waals surface area contributed by atoms with Gasteiger partial charge in [0.15, 0.2) is 0 Å². The van der Waals surface area contributed by atoms with E-state index in [-0.39, 0.29) is 12.5 Å². The Balaban J connectivity index is 1.94. The van der Waals surface area contributed by atoms with E-state index in [9.17, 15) is 4.79 Å². The van der Waals surface area contributed by atoms with Crippen molar-refractivity contribution in [1.82, 2.24) is 0 Å². The number of nitrogens with one attached hydrogen (secondary N) is 2. The Morgan fingerprint density at radius 2 is 1.90 bits per heavy atom. The van der Waals surface area contributed by atoms with Crippen molar-refractivity contribution in [2.75, 3.05) is 17.2 Å². The average molecular weight is 368 g/mol. The minimum absolute atomic E-state index is 0.0999. The SMILES string of the molecule is Cc1ccc(NCC(=O)Nc2ccc(Cl)cc2C)cc1Br. The number of carbonyl (C=O) groups is 1. The van der Waals surface area contributed by atoms with Crippen LogP contribution in [0.15, 0.2) is 40.9 Å². The maximum Gasteiger partial charge on any atom is 0.243 e. The largest absolute Gasteiger partial charge is 0.376 e. The van der Waals surface area contributed by atoms with E-state index in [1.807, 2.05) is 38.1 Å². The van der Waals surface area contributed by atoms with Gasteiger partial charge in [0.05, 0.1) is 6.54 Å². The molecule has 0 spiro atoms. The number of hydrogen-bond acceptors (Lipinski definition) is 2. The summed E-state index contributed by atoms with van der Waals surface area (Å²) in [5.41, 5.74) is 3.77. The van der Waals surface area contributed by atoms with Gasteiger partial charge in [0, 0.05) is 20.9 Å². The molecule has 2 aromatic carbocycles. The molecule has 110 valence electrons. The van der Waals surface area contributed by atoms with E-state index in [4.69, 9.17) is 11.6 Å². The van der Waals surface area contributed by atoms with Crippen molar-refractivity contribution in [2.45, 2.75) is 13.8 Å². The maximum absolute atomic E-state index is 12.0. The van der Waals surface area contributed by atoms with Crippen LogP contribution in [-0.2, 0) is 4.79 Å². The fourth-order valence-electron chi connectivity index (χ4n) is 1.85. The smallest absolute Gasteiger partial charge is 0.243 e. The van der Waals surface area contributed by atoms with E-state index in [2.05, 4.69) is 26.6 Å². The predicted molar refractivity (Wildman–Crippen MR) is 92.2 cm³/mol. The van der Waals surface area contributed by atoms with Crippen LogP contribution in [0.1, 0.15) is 11.1 Å². The molecule has 0 heterocycles. The molecule has 2 rings (SSSR count). The van der Waals surface area contributed by atoms with Gasteiger partial charge in [0.2, 0.25) is 5.91 Å². The van der Waals surface area contributed by atoms with E-state index in [0.29, 0.717) is 5.02 Å². The molecule has 0 aliphatic heterocycles. The molecule has 1 amide bonds. The number of halogens is 2. The second-order valence-electron chi connectivity index (χ2n) is 4.82. The quantitative estimate of drug-likeness (QED) is 0.817. The van der Waals surface area contributed by atoms with E-state index in [1.165, 1.54) is 0 Å². The lowest BCUT2D eigenvalue weighted by Crippen LogP contribution is -2.22. The van der Waals surface area contributed by atoms with Crippen LogP contribution in [0.3, 0.4) is 0 Å². The molecular weight excluding hydrogens is 352 g/mol. The van der Waals surface area contributed by atoms with Crippen molar-refractivity contribution in [3.8, 4) is 0 Å². The summed E-state index contributed by atoms with van der Waals surface area (Å²) >= 11 is 9.36. The monoisotopic (exact) mass is 366 g/mol. The molecule has 3 nitrogen and oxygen atoms in total. The molecule has 0 unspecified atom stereocenters. The number of anilines is 2. The molecule has 0 fully saturated rings. The van der Waals surface area contributed by atoms with Crippen LogP contribution in [0.2, 0.25) is 5.02 Å². The van der Waals surface area contributed by atoms with Crippen LogP contribution in [0.4, 0.5) is 11.4 Å². The molecule has 0 bridgehead atoms. The Kier molecular flexibility index (Phi) is 5.26. The molecule has 0 saturated carbocycles. The van der Waals surface area contributed by atoms with Crippen LogP contribution in [-0.4, -0.2) is 12.5 Å². The summed E-state index contributed by atoms with van der Waals surface area (Å²) < 4.78 is 1.02. The number of benzene rings is 2. The zero-order chi connectivity index (χ0) is 15.4. The predicted octanol–water partition coefficient (Wildman–Crippen LogP) is 4.77. The summed E-state index contributed by atoms with van der Waals surface area (Å²) in [4.78, 5) is 12.0. The highest BCUT2D eigenvalue weighted by Gasteiger charge is 2.05. The first-order valence-corrected chi connectivity index (χ1v) is 7.69. The second-order valence-corrected chi connectivity index (χ2v) is 6.12. The van der Waals surface area contributed by atoms with Gasteiger partial charge in [-0.25, -0.2) is 0 Å². The molecule has 0 aliphatic rings. The highest BCUT2D eigenvalue weighted by atomic mass is 79.9. The van der Waals surface area contributed by atoms with E-state index >= 15 is 0 Å². The summed E-state index contributed by atoms with van der Waals surface area (Å²) in [6.45, 7) is 4.13. The van der Waals surface area contributed by atoms with Gasteiger partial charge >= 0.3 is 0 Å². The Morgan fingerprint density at radius 1 is 1.14 bits per heavy atom. The number of hydrogen-bond donors (Lipinski definition) is 2. The van der Waals surface area contributed by atoms with Crippen LogP contribution in [0.5, 0.6) is 0 Å². The van der Waals surface area contributed by atoms with Crippen molar-refractivity contribution in [2.24, 2.45) is 0 Å². The average Bonchev–Trinajstić information content (AvgIpc) is 2.43. The third-order valence-electron chi connectivity index (χ3n) is 3.09. The van der Waals surface area contributed by atoms with Crippen molar-refractivity contribution < 1.29 is 4.79 Å². The first-order chi connectivity index (χ1) is 9.95. The topological polar surface area (TPSA) is 41.1 Å². The van der Waals surface area contributed by atoms with Gasteiger partial charge in [-0.15, -0.1) is 0 Å². The number of amides is 1. The van der Waals surface area contributed by atoms with Gasteiger partial charge in [0.1, 0.15) is 0 Å². The Hall–Kier alpha value is -1.52. The molecule has 5 heteroatoms. The second kappa shape index (κ2) is 6.96. The summed E-state index contributed by atoms with van der Waals surface area (Å²) in [6, 6.07) is 11.3. The normalized spacial score (nSPS) is 10.3. The molecule has 0 radical (unpaired) electrons. The van der Waals surface area contributed by atoms with Gasteiger partial charge in [0.25, 0.3) is 0 Å². The lowest BCUT2D eigenvalue weighted by molar-refractivity contribution is -0.114. The van der Waals surface area contributed by atoms with Gasteiger partial charge in [-0.1, -0.05) is 33.6 Å². The van der Waals surface area contributed by atoms with Gasteiger partial charge < -0.3 is 10.6 Å². The van der Waals surface area contributed by atoms with Gasteiger partial charge in [-0.05, 0) is 55.3 Å². The zero-order valence-corrected chi connectivity index (χ0v) is 14.2. The van der Waals surface area contributed by atoms with Gasteiger partial charge in [-0.2, -0.15) is 0 Å². The molecule has 0 aromatic heterocycles. The Morgan fingerprint density at radius 3 is 2.57 bits per heavy atom. The maximum atomic E-state index is 12.0. The molecule has 0 saturated heterocycles. The standard InChI is InChI=1S/C16H16BrClN2O/c1-10-3-5-13(8-14(10)17)19-9-16(21)20-15-6-4-12(18)7-11(15)2/h3-8,19H,9H2,1-2H3,(H,20,21). The minimum atomic E-state index is -0.0999. The van der Waals surface area contributed by atoms with Crippen LogP contribution >= 0.6 is 27.5 Å². The van der Waals surface area contributed by atoms with Crippen molar-refractivity contribution >= 4 is 44.8 Å². The first kappa shape index (κ1) is 15.9. The van der Waals surface area contributed by atoms with Crippen molar-refractivity contribution in [3.63, 3.8) is 0 Å². The molecule has 2 N–H and O–H groups in total. The lowest BCUT2D eigenvalue weighted by Gasteiger charge is -2.11. The summed E-state index contributed by atoms with van der Waals surface area (Å²) in [5, 5.41) is 6.62. The van der Waals surface area contributed by atoms with E-state index in [1.54, 1.807) is 12.1 Å². The number of aryl methyl sites for hydroxylation is 2. The summed E-state index contributed by atoms with van der Waals surface area (Å²) in [7, 11) is 0. The fourth-order valence-corrected chi connectivity index (χ4v) is 2.45. The first-order valence-electron chi connectivity index (χ1n) is 6.52. The molecule has 0 aliphatic carbocycles. The van der Waals surface area contributed by atoms with Crippen LogP contribution < -0.4 is 10.6 Å². The lowest BCUT2D eigenvalue weighted by atomic mass is 10.2. The molecule has 0 atom stereocenters. The fraction of sp³-hybridized carbons (Fsp3) is 0.188. The van der Waals surface area contributed by atoms with Crippen LogP contribution in [0, 0.1) is 13.8 Å². The summed E-state index contributed by atoms with van der Waals surface area (Å²) in [5.74, 6) is -0.0999. The number of carbonyl (C=O) groups excluding carboxylic acids is 1. The van der Waals surface area contributed by atoms with Crippen molar-refractivity contribution in [1.29, 1.82) is 0 Å². The molecule has 21 heavy (non-hydrogen) atoms. The minimum Gasteiger partial charge on any atom is -0.376 e.